The molecule has 55 heavy (non-hydrogen) atoms. The van der Waals surface area contributed by atoms with E-state index < -0.39 is 5.41 Å². The fourth-order valence-electron chi connectivity index (χ4n) is 10.2. The van der Waals surface area contributed by atoms with Crippen molar-refractivity contribution in [2.75, 3.05) is 0 Å². The molecule has 0 unspecified atom stereocenters. The maximum Gasteiger partial charge on any atom is 0.0719 e. The number of rotatable bonds is 4. The summed E-state index contributed by atoms with van der Waals surface area (Å²) < 4.78 is 0. The second-order valence-corrected chi connectivity index (χ2v) is 15.2. The summed E-state index contributed by atoms with van der Waals surface area (Å²) in [5.41, 5.74) is 12.5. The van der Waals surface area contributed by atoms with E-state index >= 15 is 0 Å². The van der Waals surface area contributed by atoms with Gasteiger partial charge in [-0.3, -0.25) is 0 Å². The van der Waals surface area contributed by atoms with Crippen molar-refractivity contribution in [2.24, 2.45) is 0 Å². The fourth-order valence-corrected chi connectivity index (χ4v) is 10.2. The Morgan fingerprint density at radius 2 is 0.745 bits per heavy atom. The first-order chi connectivity index (χ1) is 27.3. The Morgan fingerprint density at radius 1 is 0.273 bits per heavy atom. The van der Waals surface area contributed by atoms with E-state index in [0.29, 0.717) is 0 Å². The highest BCUT2D eigenvalue weighted by atomic mass is 14.5. The molecule has 0 saturated carbocycles. The molecule has 0 spiro atoms. The topological polar surface area (TPSA) is 0 Å². The van der Waals surface area contributed by atoms with E-state index in [2.05, 4.69) is 206 Å². The standard InChI is InChI=1S/C55H34/c1-3-15-42(16-4-1)55(43-17-5-2-6-18-43)51-24-10-9-20-48(51)50-30-29-47-46(22-12-23-49(47)54(50)55)41-33-38-27-25-36-31-40(32-37-26-28-39(34-41)53(38)52(36)37)45-21-11-14-35-13-7-8-19-44(35)45/h1-34H. The van der Waals surface area contributed by atoms with Crippen molar-refractivity contribution in [3.63, 3.8) is 0 Å². The van der Waals surface area contributed by atoms with Crippen LogP contribution in [0.2, 0.25) is 0 Å². The molecule has 0 fully saturated rings. The molecule has 0 atom stereocenters. The third-order valence-corrected chi connectivity index (χ3v) is 12.4. The van der Waals surface area contributed by atoms with Crippen molar-refractivity contribution in [2.45, 2.75) is 5.41 Å². The average molecular weight is 695 g/mol. The summed E-state index contributed by atoms with van der Waals surface area (Å²) in [6.45, 7) is 0. The van der Waals surface area contributed by atoms with Gasteiger partial charge in [0.25, 0.3) is 0 Å². The van der Waals surface area contributed by atoms with Crippen LogP contribution in [0.1, 0.15) is 22.3 Å². The van der Waals surface area contributed by atoms with Gasteiger partial charge < -0.3 is 0 Å². The monoisotopic (exact) mass is 694 g/mol. The third kappa shape index (κ3) is 4.23. The van der Waals surface area contributed by atoms with E-state index in [9.17, 15) is 0 Å². The van der Waals surface area contributed by atoms with Crippen molar-refractivity contribution in [3.05, 3.63) is 229 Å². The van der Waals surface area contributed by atoms with Gasteiger partial charge in [0.05, 0.1) is 5.41 Å². The Labute approximate surface area is 319 Å². The first kappa shape index (κ1) is 30.4. The highest BCUT2D eigenvalue weighted by Crippen LogP contribution is 2.58. The molecule has 11 aromatic rings. The summed E-state index contributed by atoms with van der Waals surface area (Å²) in [5.74, 6) is 0. The molecule has 0 radical (unpaired) electrons. The summed E-state index contributed by atoms with van der Waals surface area (Å²) in [4.78, 5) is 0. The van der Waals surface area contributed by atoms with Crippen molar-refractivity contribution in [1.82, 2.24) is 0 Å². The molecule has 0 N–H and O–H groups in total. The summed E-state index contributed by atoms with van der Waals surface area (Å²) in [6, 6.07) is 77.2. The van der Waals surface area contributed by atoms with E-state index in [4.69, 9.17) is 0 Å². The number of hydrogen-bond donors (Lipinski definition) is 0. The van der Waals surface area contributed by atoms with E-state index in [1.165, 1.54) is 109 Å². The van der Waals surface area contributed by atoms with Crippen LogP contribution < -0.4 is 0 Å². The van der Waals surface area contributed by atoms with Crippen molar-refractivity contribution in [3.8, 4) is 33.4 Å². The first-order valence-electron chi connectivity index (χ1n) is 19.3. The smallest absolute Gasteiger partial charge is 0.0622 e. The molecule has 0 heterocycles. The van der Waals surface area contributed by atoms with Crippen LogP contribution in [0, 0.1) is 0 Å². The van der Waals surface area contributed by atoms with E-state index in [1.54, 1.807) is 0 Å². The van der Waals surface area contributed by atoms with Gasteiger partial charge in [0, 0.05) is 0 Å². The predicted octanol–water partition coefficient (Wildman–Crippen LogP) is 14.6. The minimum atomic E-state index is -0.453. The summed E-state index contributed by atoms with van der Waals surface area (Å²) >= 11 is 0. The summed E-state index contributed by atoms with van der Waals surface area (Å²) in [6.07, 6.45) is 0. The normalized spacial score (nSPS) is 13.2. The molecule has 254 valence electrons. The highest BCUT2D eigenvalue weighted by Gasteiger charge is 2.47. The minimum Gasteiger partial charge on any atom is -0.0622 e. The quantitative estimate of drug-likeness (QED) is 0.161. The average Bonchev–Trinajstić information content (AvgIpc) is 3.57. The molecule has 0 bridgehead atoms. The lowest BCUT2D eigenvalue weighted by atomic mass is 9.66. The Morgan fingerprint density at radius 3 is 1.38 bits per heavy atom. The molecule has 1 aliphatic carbocycles. The zero-order chi connectivity index (χ0) is 36.1. The van der Waals surface area contributed by atoms with Gasteiger partial charge in [-0.1, -0.05) is 182 Å². The third-order valence-electron chi connectivity index (χ3n) is 12.4. The Bertz CT molecular complexity index is 3190. The van der Waals surface area contributed by atoms with Crippen molar-refractivity contribution in [1.29, 1.82) is 0 Å². The maximum atomic E-state index is 2.41. The lowest BCUT2D eigenvalue weighted by Crippen LogP contribution is -2.28. The van der Waals surface area contributed by atoms with Crippen LogP contribution in [-0.4, -0.2) is 0 Å². The SMILES string of the molecule is c1ccc(C2(c3ccccc3)c3ccccc3-c3ccc4c(-c5cc6ccc7cc(-c8cccc9ccccc89)cc8ccc(c5)c6c78)cccc4c32)cc1. The molecule has 0 saturated heterocycles. The fraction of sp³-hybridized carbons (Fsp3) is 0.0182. The maximum absolute atomic E-state index is 2.41. The van der Waals surface area contributed by atoms with Gasteiger partial charge in [-0.15, -0.1) is 0 Å². The van der Waals surface area contributed by atoms with E-state index in [1.807, 2.05) is 0 Å². The van der Waals surface area contributed by atoms with Crippen LogP contribution in [0.5, 0.6) is 0 Å². The molecule has 11 aromatic carbocycles. The largest absolute Gasteiger partial charge is 0.0719 e. The lowest BCUT2D eigenvalue weighted by Gasteiger charge is -2.34. The molecular weight excluding hydrogens is 661 g/mol. The Hall–Kier alpha value is -7.02. The molecule has 0 aliphatic heterocycles. The van der Waals surface area contributed by atoms with Gasteiger partial charge in [-0.25, -0.2) is 0 Å². The molecule has 1 aliphatic rings. The van der Waals surface area contributed by atoms with Crippen LogP contribution in [0.25, 0.3) is 87.2 Å². The molecule has 0 aromatic heterocycles. The van der Waals surface area contributed by atoms with Crippen molar-refractivity contribution < 1.29 is 0 Å². The molecule has 12 rings (SSSR count). The van der Waals surface area contributed by atoms with Crippen LogP contribution >= 0.6 is 0 Å². The van der Waals surface area contributed by atoms with Crippen LogP contribution in [0.3, 0.4) is 0 Å². The van der Waals surface area contributed by atoms with Crippen LogP contribution in [-0.2, 0) is 5.41 Å². The van der Waals surface area contributed by atoms with Gasteiger partial charge in [0.2, 0.25) is 0 Å². The number of fused-ring (bicyclic) bond motifs is 6. The number of hydrogen-bond acceptors (Lipinski definition) is 0. The summed E-state index contributed by atoms with van der Waals surface area (Å²) in [7, 11) is 0. The second-order valence-electron chi connectivity index (χ2n) is 15.2. The highest BCUT2D eigenvalue weighted by molar-refractivity contribution is 6.25. The van der Waals surface area contributed by atoms with Gasteiger partial charge in [0.1, 0.15) is 0 Å². The van der Waals surface area contributed by atoms with Crippen LogP contribution in [0.15, 0.2) is 206 Å². The van der Waals surface area contributed by atoms with Gasteiger partial charge in [0.15, 0.2) is 0 Å². The van der Waals surface area contributed by atoms with Gasteiger partial charge >= 0.3 is 0 Å². The second kappa shape index (κ2) is 11.5. The van der Waals surface area contributed by atoms with Crippen LogP contribution in [0.4, 0.5) is 0 Å². The zero-order valence-corrected chi connectivity index (χ0v) is 30.1. The van der Waals surface area contributed by atoms with Gasteiger partial charge in [-0.2, -0.15) is 0 Å². The number of benzene rings is 11. The molecule has 0 nitrogen and oxygen atoms in total. The van der Waals surface area contributed by atoms with E-state index in [0.717, 1.165) is 0 Å². The van der Waals surface area contributed by atoms with Gasteiger partial charge in [-0.05, 0) is 134 Å². The Balaban J connectivity index is 1.08. The Kier molecular flexibility index (Phi) is 6.36. The van der Waals surface area contributed by atoms with E-state index in [-0.39, 0.29) is 0 Å². The predicted molar refractivity (Wildman–Crippen MR) is 233 cm³/mol. The zero-order valence-electron chi connectivity index (χ0n) is 30.1. The molecule has 0 amide bonds. The minimum absolute atomic E-state index is 0.453. The lowest BCUT2D eigenvalue weighted by molar-refractivity contribution is 0.775. The van der Waals surface area contributed by atoms with Crippen molar-refractivity contribution >= 4 is 53.9 Å². The summed E-state index contributed by atoms with van der Waals surface area (Å²) in [5, 5.41) is 12.9. The first-order valence-corrected chi connectivity index (χ1v) is 19.3. The molecular formula is C55H34. The molecule has 0 heteroatoms.